The molecule has 0 saturated heterocycles. The van der Waals surface area contributed by atoms with Crippen molar-refractivity contribution in [1.82, 2.24) is 5.32 Å². The van der Waals surface area contributed by atoms with Crippen LogP contribution in [0, 0.1) is 5.82 Å². The van der Waals surface area contributed by atoms with E-state index in [1.54, 1.807) is 12.1 Å². The van der Waals surface area contributed by atoms with Gasteiger partial charge in [0.25, 0.3) is 0 Å². The molecule has 0 aliphatic heterocycles. The summed E-state index contributed by atoms with van der Waals surface area (Å²) in [5, 5.41) is 5.71. The highest BCUT2D eigenvalue weighted by atomic mass is 19.1. The van der Waals surface area contributed by atoms with E-state index >= 15 is 0 Å². The van der Waals surface area contributed by atoms with Crippen LogP contribution < -0.4 is 10.6 Å². The summed E-state index contributed by atoms with van der Waals surface area (Å²) in [6, 6.07) is 6.44. The highest BCUT2D eigenvalue weighted by molar-refractivity contribution is 5.81. The van der Waals surface area contributed by atoms with E-state index in [-0.39, 0.29) is 18.3 Å². The van der Waals surface area contributed by atoms with Gasteiger partial charge in [-0.15, -0.1) is 0 Å². The maximum Gasteiger partial charge on any atom is 0.239 e. The van der Waals surface area contributed by atoms with Crippen LogP contribution in [0.3, 0.4) is 0 Å². The Labute approximate surface area is 87.7 Å². The maximum absolute atomic E-state index is 12.8. The van der Waals surface area contributed by atoms with Crippen molar-refractivity contribution in [1.29, 1.82) is 0 Å². The average Bonchev–Trinajstić information content (AvgIpc) is 2.99. The Bertz CT molecular complexity index is 363. The van der Waals surface area contributed by atoms with Crippen LogP contribution in [0.4, 0.5) is 10.1 Å². The largest absolute Gasteiger partial charge is 0.376 e. The van der Waals surface area contributed by atoms with Crippen LogP contribution in [0.5, 0.6) is 0 Å². The fraction of sp³-hybridized carbons (Fsp3) is 0.364. The lowest BCUT2D eigenvalue weighted by Crippen LogP contribution is -2.31. The second-order valence-corrected chi connectivity index (χ2v) is 3.71. The molecule has 4 heteroatoms. The minimum Gasteiger partial charge on any atom is -0.376 e. The summed E-state index contributed by atoms with van der Waals surface area (Å²) in [6.07, 6.45) is 2.15. The molecule has 0 aromatic heterocycles. The van der Waals surface area contributed by atoms with Crippen LogP contribution in [-0.2, 0) is 4.79 Å². The number of anilines is 1. The van der Waals surface area contributed by atoms with Crippen molar-refractivity contribution in [3.8, 4) is 0 Å². The molecule has 1 aromatic rings. The first-order valence-electron chi connectivity index (χ1n) is 5.03. The molecule has 0 atom stereocenters. The SMILES string of the molecule is O=C(CNc1cccc(F)c1)NC1CC1. The zero-order valence-electron chi connectivity index (χ0n) is 8.29. The molecule has 0 heterocycles. The summed E-state index contributed by atoms with van der Waals surface area (Å²) < 4.78 is 12.8. The van der Waals surface area contributed by atoms with Crippen molar-refractivity contribution in [2.45, 2.75) is 18.9 Å². The van der Waals surface area contributed by atoms with E-state index in [1.807, 2.05) is 0 Å². The van der Waals surface area contributed by atoms with Gasteiger partial charge in [-0.05, 0) is 31.0 Å². The Kier molecular flexibility index (Phi) is 2.85. The number of hydrogen-bond donors (Lipinski definition) is 2. The number of hydrogen-bond acceptors (Lipinski definition) is 2. The fourth-order valence-electron chi connectivity index (χ4n) is 1.29. The molecule has 1 saturated carbocycles. The van der Waals surface area contributed by atoms with Gasteiger partial charge in [-0.2, -0.15) is 0 Å². The van der Waals surface area contributed by atoms with Gasteiger partial charge in [0.2, 0.25) is 5.91 Å². The van der Waals surface area contributed by atoms with Gasteiger partial charge in [0.1, 0.15) is 5.82 Å². The number of rotatable bonds is 4. The highest BCUT2D eigenvalue weighted by Gasteiger charge is 2.22. The standard InChI is InChI=1S/C11H13FN2O/c12-8-2-1-3-10(6-8)13-7-11(15)14-9-4-5-9/h1-3,6,9,13H,4-5,7H2,(H,14,15). The van der Waals surface area contributed by atoms with Crippen molar-refractivity contribution < 1.29 is 9.18 Å². The first kappa shape index (κ1) is 9.96. The lowest BCUT2D eigenvalue weighted by atomic mass is 10.3. The molecule has 0 bridgehead atoms. The lowest BCUT2D eigenvalue weighted by molar-refractivity contribution is -0.119. The van der Waals surface area contributed by atoms with Gasteiger partial charge in [-0.25, -0.2) is 4.39 Å². The van der Waals surface area contributed by atoms with Gasteiger partial charge in [0.05, 0.1) is 6.54 Å². The van der Waals surface area contributed by atoms with Gasteiger partial charge in [-0.3, -0.25) is 4.79 Å². The Balaban J connectivity index is 1.78. The Morgan fingerprint density at radius 3 is 2.93 bits per heavy atom. The summed E-state index contributed by atoms with van der Waals surface area (Å²) in [4.78, 5) is 11.3. The highest BCUT2D eigenvalue weighted by Crippen LogP contribution is 2.18. The molecule has 2 N–H and O–H groups in total. The van der Waals surface area contributed by atoms with Crippen LogP contribution in [-0.4, -0.2) is 18.5 Å². The van der Waals surface area contributed by atoms with Crippen LogP contribution >= 0.6 is 0 Å². The zero-order valence-corrected chi connectivity index (χ0v) is 8.29. The molecule has 3 nitrogen and oxygen atoms in total. The number of nitrogens with one attached hydrogen (secondary N) is 2. The molecule has 1 aromatic carbocycles. The van der Waals surface area contributed by atoms with Crippen molar-refractivity contribution in [3.05, 3.63) is 30.1 Å². The van der Waals surface area contributed by atoms with Crippen molar-refractivity contribution in [2.75, 3.05) is 11.9 Å². The molecule has 1 aliphatic carbocycles. The van der Waals surface area contributed by atoms with E-state index in [0.717, 1.165) is 12.8 Å². The van der Waals surface area contributed by atoms with Crippen LogP contribution in [0.2, 0.25) is 0 Å². The van der Waals surface area contributed by atoms with Crippen LogP contribution in [0.15, 0.2) is 24.3 Å². The molecule has 2 rings (SSSR count). The number of amides is 1. The first-order chi connectivity index (χ1) is 7.24. The molecule has 15 heavy (non-hydrogen) atoms. The summed E-state index contributed by atoms with van der Waals surface area (Å²) in [5.74, 6) is -0.343. The maximum atomic E-state index is 12.8. The van der Waals surface area contributed by atoms with Gasteiger partial charge < -0.3 is 10.6 Å². The quantitative estimate of drug-likeness (QED) is 0.787. The van der Waals surface area contributed by atoms with Gasteiger partial charge in [0.15, 0.2) is 0 Å². The predicted molar refractivity (Wildman–Crippen MR) is 56.1 cm³/mol. The second-order valence-electron chi connectivity index (χ2n) is 3.71. The van der Waals surface area contributed by atoms with Crippen LogP contribution in [0.25, 0.3) is 0 Å². The first-order valence-corrected chi connectivity index (χ1v) is 5.03. The molecule has 80 valence electrons. The second kappa shape index (κ2) is 4.29. The Morgan fingerprint density at radius 2 is 2.27 bits per heavy atom. The zero-order chi connectivity index (χ0) is 10.7. The number of carbonyl (C=O) groups is 1. The van der Waals surface area contributed by atoms with Gasteiger partial charge in [0, 0.05) is 11.7 Å². The number of carbonyl (C=O) groups excluding carboxylic acids is 1. The van der Waals surface area contributed by atoms with E-state index in [0.29, 0.717) is 11.7 Å². The average molecular weight is 208 g/mol. The van der Waals surface area contributed by atoms with E-state index in [9.17, 15) is 9.18 Å². The molecule has 1 aliphatic rings. The molecule has 1 amide bonds. The fourth-order valence-corrected chi connectivity index (χ4v) is 1.29. The lowest BCUT2D eigenvalue weighted by Gasteiger charge is -2.06. The number of halogens is 1. The monoisotopic (exact) mass is 208 g/mol. The van der Waals surface area contributed by atoms with Gasteiger partial charge >= 0.3 is 0 Å². The summed E-state index contributed by atoms with van der Waals surface area (Å²) in [6.45, 7) is 0.194. The minimum atomic E-state index is -0.303. The topological polar surface area (TPSA) is 41.1 Å². The summed E-state index contributed by atoms with van der Waals surface area (Å²) in [5.41, 5.74) is 0.626. The predicted octanol–water partition coefficient (Wildman–Crippen LogP) is 1.52. The Hall–Kier alpha value is -1.58. The third-order valence-corrected chi connectivity index (χ3v) is 2.22. The van der Waals surface area contributed by atoms with Gasteiger partial charge in [-0.1, -0.05) is 6.07 Å². The molecule has 0 radical (unpaired) electrons. The molecule has 0 unspecified atom stereocenters. The van der Waals surface area contributed by atoms with E-state index in [4.69, 9.17) is 0 Å². The van der Waals surface area contributed by atoms with E-state index in [2.05, 4.69) is 10.6 Å². The van der Waals surface area contributed by atoms with E-state index < -0.39 is 0 Å². The third-order valence-electron chi connectivity index (χ3n) is 2.22. The van der Waals surface area contributed by atoms with Crippen molar-refractivity contribution in [2.24, 2.45) is 0 Å². The smallest absolute Gasteiger partial charge is 0.239 e. The van der Waals surface area contributed by atoms with Crippen molar-refractivity contribution in [3.63, 3.8) is 0 Å². The minimum absolute atomic E-state index is 0.0400. The molecule has 0 spiro atoms. The molecule has 1 fully saturated rings. The summed E-state index contributed by atoms with van der Waals surface area (Å²) in [7, 11) is 0. The third kappa shape index (κ3) is 3.23. The van der Waals surface area contributed by atoms with Crippen molar-refractivity contribution >= 4 is 11.6 Å². The van der Waals surface area contributed by atoms with Crippen LogP contribution in [0.1, 0.15) is 12.8 Å². The van der Waals surface area contributed by atoms with E-state index in [1.165, 1.54) is 12.1 Å². The normalized spacial score (nSPS) is 14.7. The number of benzene rings is 1. The Morgan fingerprint density at radius 1 is 1.47 bits per heavy atom. The molecular formula is C11H13FN2O. The molecular weight excluding hydrogens is 195 g/mol. The summed E-state index contributed by atoms with van der Waals surface area (Å²) >= 11 is 0.